The average Bonchev–Trinajstić information content (AvgIpc) is 3.11. The van der Waals surface area contributed by atoms with E-state index in [1.165, 1.54) is 6.07 Å². The molecule has 0 spiro atoms. The molecule has 0 aromatic carbocycles. The number of aliphatic hydroxyl groups excluding tert-OH is 2. The maximum absolute atomic E-state index is 12.5. The highest BCUT2D eigenvalue weighted by Crippen LogP contribution is 2.27. The first-order valence-corrected chi connectivity index (χ1v) is 11.7. The first kappa shape index (κ1) is 23.0. The molecule has 2 aromatic heterocycles. The van der Waals surface area contributed by atoms with Crippen LogP contribution in [0.25, 0.3) is 0 Å². The summed E-state index contributed by atoms with van der Waals surface area (Å²) in [6, 6.07) is 0.736. The summed E-state index contributed by atoms with van der Waals surface area (Å²) < 4.78 is 28.3. The Kier molecular flexibility index (Phi) is 8.16. The lowest BCUT2D eigenvalue weighted by Gasteiger charge is -2.19. The van der Waals surface area contributed by atoms with Gasteiger partial charge in [-0.25, -0.2) is 18.1 Å². The third-order valence-corrected chi connectivity index (χ3v) is 7.32. The van der Waals surface area contributed by atoms with Crippen molar-refractivity contribution in [2.45, 2.75) is 37.1 Å². The van der Waals surface area contributed by atoms with E-state index in [1.54, 1.807) is 11.6 Å². The largest absolute Gasteiger partial charge is 0.395 e. The molecule has 0 fully saturated rings. The van der Waals surface area contributed by atoms with Gasteiger partial charge in [0.05, 0.1) is 23.4 Å². The van der Waals surface area contributed by atoms with Gasteiger partial charge >= 0.3 is 0 Å². The van der Waals surface area contributed by atoms with Gasteiger partial charge in [0.15, 0.2) is 0 Å². The molecule has 5 N–H and O–H groups in total. The highest BCUT2D eigenvalue weighted by Gasteiger charge is 2.23. The Labute approximate surface area is 176 Å². The van der Waals surface area contributed by atoms with Gasteiger partial charge in [-0.15, -0.1) is 11.3 Å². The molecule has 0 radical (unpaired) electrons. The van der Waals surface area contributed by atoms with Crippen LogP contribution < -0.4 is 15.4 Å². The summed E-state index contributed by atoms with van der Waals surface area (Å²) in [5.41, 5.74) is 0.527. The van der Waals surface area contributed by atoms with Crippen molar-refractivity contribution in [1.29, 1.82) is 0 Å². The molecule has 0 amide bonds. The van der Waals surface area contributed by atoms with Gasteiger partial charge in [0, 0.05) is 23.7 Å². The lowest BCUT2D eigenvalue weighted by Crippen LogP contribution is -2.40. The second kappa shape index (κ2) is 9.94. The van der Waals surface area contributed by atoms with Crippen LogP contribution in [0.1, 0.15) is 20.8 Å². The maximum Gasteiger partial charge on any atom is 0.250 e. The summed E-state index contributed by atoms with van der Waals surface area (Å²) in [4.78, 5) is 8.49. The third-order valence-electron chi connectivity index (χ3n) is 3.81. The minimum absolute atomic E-state index is 0.0410. The van der Waals surface area contributed by atoms with E-state index in [2.05, 4.69) is 41.3 Å². The van der Waals surface area contributed by atoms with Gasteiger partial charge in [0.25, 0.3) is 0 Å². The van der Waals surface area contributed by atoms with Crippen molar-refractivity contribution >= 4 is 54.7 Å². The number of halogens is 1. The van der Waals surface area contributed by atoms with Crippen molar-refractivity contribution in [2.24, 2.45) is 5.92 Å². The Morgan fingerprint density at radius 1 is 1.25 bits per heavy atom. The SMILES string of the molecule is CC(C)[C@@H](CO)NS(=O)(=O)c1cc(Nc2ncc(Br)c(N[C@H](C)CO)n2)cs1. The van der Waals surface area contributed by atoms with Gasteiger partial charge in [-0.2, -0.15) is 4.98 Å². The number of nitrogens with zero attached hydrogens (tertiary/aromatic N) is 2. The topological polar surface area (TPSA) is 136 Å². The predicted molar refractivity (Wildman–Crippen MR) is 114 cm³/mol. The van der Waals surface area contributed by atoms with Gasteiger partial charge < -0.3 is 20.8 Å². The molecule has 2 atom stereocenters. The summed E-state index contributed by atoms with van der Waals surface area (Å²) >= 11 is 4.40. The molecule has 0 aliphatic carbocycles. The Hall–Kier alpha value is -1.31. The fraction of sp³-hybridized carbons (Fsp3) is 0.500. The number of aromatic nitrogens is 2. The van der Waals surface area contributed by atoms with Crippen molar-refractivity contribution in [3.05, 3.63) is 22.1 Å². The smallest absolute Gasteiger partial charge is 0.250 e. The molecule has 156 valence electrons. The lowest BCUT2D eigenvalue weighted by atomic mass is 10.1. The minimum atomic E-state index is -3.74. The van der Waals surface area contributed by atoms with Crippen LogP contribution in [0, 0.1) is 5.92 Å². The van der Waals surface area contributed by atoms with Crippen LogP contribution in [0.2, 0.25) is 0 Å². The number of aliphatic hydroxyl groups is 2. The number of rotatable bonds is 10. The lowest BCUT2D eigenvalue weighted by molar-refractivity contribution is 0.228. The summed E-state index contributed by atoms with van der Waals surface area (Å²) in [6.07, 6.45) is 1.56. The third kappa shape index (κ3) is 6.09. The zero-order chi connectivity index (χ0) is 20.9. The second-order valence-electron chi connectivity index (χ2n) is 6.55. The Morgan fingerprint density at radius 2 is 1.96 bits per heavy atom. The van der Waals surface area contributed by atoms with E-state index in [4.69, 9.17) is 0 Å². The van der Waals surface area contributed by atoms with E-state index in [-0.39, 0.29) is 35.3 Å². The Morgan fingerprint density at radius 3 is 2.57 bits per heavy atom. The van der Waals surface area contributed by atoms with E-state index in [9.17, 15) is 18.6 Å². The number of nitrogens with one attached hydrogen (secondary N) is 3. The standard InChI is InChI=1S/C16H24BrN5O4S2/c1-9(2)13(7-24)22-28(25,26)14-4-11(8-27-14)20-16-18-5-12(17)15(21-16)19-10(3)6-23/h4-5,8-10,13,22-24H,6-7H2,1-3H3,(H2,18,19,20,21)/t10-,13-/m1/s1. The number of hydrogen-bond donors (Lipinski definition) is 5. The van der Waals surface area contributed by atoms with Crippen LogP contribution in [0.15, 0.2) is 26.3 Å². The molecule has 0 saturated carbocycles. The van der Waals surface area contributed by atoms with Crippen LogP contribution in [0.3, 0.4) is 0 Å². The number of hydrogen-bond acceptors (Lipinski definition) is 9. The fourth-order valence-corrected chi connectivity index (χ4v) is 4.91. The zero-order valence-electron chi connectivity index (χ0n) is 15.7. The molecule has 2 heterocycles. The highest BCUT2D eigenvalue weighted by atomic mass is 79.9. The molecule has 0 aliphatic heterocycles. The Bertz CT molecular complexity index is 891. The van der Waals surface area contributed by atoms with Crippen LogP contribution in [-0.4, -0.2) is 53.9 Å². The second-order valence-corrected chi connectivity index (χ2v) is 10.3. The van der Waals surface area contributed by atoms with Crippen LogP contribution in [0.4, 0.5) is 17.5 Å². The first-order chi connectivity index (χ1) is 13.2. The summed E-state index contributed by atoms with van der Waals surface area (Å²) in [7, 11) is -3.74. The molecule has 0 bridgehead atoms. The van der Waals surface area contributed by atoms with E-state index >= 15 is 0 Å². The summed E-state index contributed by atoms with van der Waals surface area (Å²) in [5, 5.41) is 26.2. The molecule has 2 rings (SSSR count). The molecule has 0 saturated heterocycles. The van der Waals surface area contributed by atoms with E-state index < -0.39 is 16.1 Å². The normalized spacial score (nSPS) is 14.1. The number of sulfonamides is 1. The van der Waals surface area contributed by atoms with Crippen molar-refractivity contribution < 1.29 is 18.6 Å². The molecule has 12 heteroatoms. The molecular formula is C16H24BrN5O4S2. The molecule has 28 heavy (non-hydrogen) atoms. The van der Waals surface area contributed by atoms with Crippen molar-refractivity contribution in [1.82, 2.24) is 14.7 Å². The number of thiophene rings is 1. The van der Waals surface area contributed by atoms with Gasteiger partial charge in [-0.1, -0.05) is 13.8 Å². The maximum atomic E-state index is 12.5. The van der Waals surface area contributed by atoms with Gasteiger partial charge in [0.1, 0.15) is 10.0 Å². The van der Waals surface area contributed by atoms with Crippen molar-refractivity contribution in [3.63, 3.8) is 0 Å². The monoisotopic (exact) mass is 493 g/mol. The minimum Gasteiger partial charge on any atom is -0.395 e. The van der Waals surface area contributed by atoms with Crippen LogP contribution in [0.5, 0.6) is 0 Å². The highest BCUT2D eigenvalue weighted by molar-refractivity contribution is 9.10. The van der Waals surface area contributed by atoms with Crippen molar-refractivity contribution in [2.75, 3.05) is 23.8 Å². The van der Waals surface area contributed by atoms with E-state index in [0.29, 0.717) is 16.0 Å². The average molecular weight is 494 g/mol. The number of anilines is 3. The molecule has 2 aromatic rings. The Balaban J connectivity index is 2.15. The van der Waals surface area contributed by atoms with Crippen LogP contribution >= 0.6 is 27.3 Å². The van der Waals surface area contributed by atoms with Crippen molar-refractivity contribution in [3.8, 4) is 0 Å². The van der Waals surface area contributed by atoms with Gasteiger partial charge in [-0.05, 0) is 34.8 Å². The molecule has 0 unspecified atom stereocenters. The summed E-state index contributed by atoms with van der Waals surface area (Å²) in [5.74, 6) is 0.744. The van der Waals surface area contributed by atoms with E-state index in [0.717, 1.165) is 11.3 Å². The van der Waals surface area contributed by atoms with E-state index in [1.807, 2.05) is 20.8 Å². The molecular weight excluding hydrogens is 470 g/mol. The van der Waals surface area contributed by atoms with Gasteiger partial charge in [-0.3, -0.25) is 0 Å². The zero-order valence-corrected chi connectivity index (χ0v) is 18.9. The first-order valence-electron chi connectivity index (χ1n) is 8.55. The fourth-order valence-electron chi connectivity index (χ4n) is 2.10. The molecule has 0 aliphatic rings. The van der Waals surface area contributed by atoms with Crippen LogP contribution in [-0.2, 0) is 10.0 Å². The van der Waals surface area contributed by atoms with Gasteiger partial charge in [0.2, 0.25) is 16.0 Å². The predicted octanol–water partition coefficient (Wildman–Crippen LogP) is 2.13. The molecule has 9 nitrogen and oxygen atoms in total. The summed E-state index contributed by atoms with van der Waals surface area (Å²) in [6.45, 7) is 5.14. The quantitative estimate of drug-likeness (QED) is 0.339.